The van der Waals surface area contributed by atoms with E-state index in [1.165, 1.54) is 30.3 Å². The van der Waals surface area contributed by atoms with E-state index >= 15 is 0 Å². The number of ether oxygens (including phenoxy) is 1. The number of halogens is 2. The van der Waals surface area contributed by atoms with E-state index in [1.54, 1.807) is 24.0 Å². The monoisotopic (exact) mass is 457 g/mol. The first kappa shape index (κ1) is 22.0. The van der Waals surface area contributed by atoms with Gasteiger partial charge in [-0.25, -0.2) is 9.18 Å². The van der Waals surface area contributed by atoms with Crippen LogP contribution in [0.5, 0.6) is 0 Å². The van der Waals surface area contributed by atoms with Crippen molar-refractivity contribution in [2.24, 2.45) is 5.92 Å². The van der Waals surface area contributed by atoms with E-state index in [-0.39, 0.29) is 19.1 Å². The average molecular weight is 458 g/mol. The number of fused-ring (bicyclic) bond motifs is 1. The van der Waals surface area contributed by atoms with E-state index in [2.05, 4.69) is 0 Å². The molecule has 2 heterocycles. The van der Waals surface area contributed by atoms with Gasteiger partial charge in [0, 0.05) is 40.7 Å². The molecule has 1 unspecified atom stereocenters. The van der Waals surface area contributed by atoms with Crippen LogP contribution in [0.1, 0.15) is 34.3 Å². The third-order valence-electron chi connectivity index (χ3n) is 5.61. The number of rotatable bonds is 4. The minimum absolute atomic E-state index is 0.108. The minimum Gasteiger partial charge on any atom is -0.461 e. The Balaban J connectivity index is 1.45. The number of nitrogens with zero attached hydrogens (tertiary/aromatic N) is 1. The van der Waals surface area contributed by atoms with Crippen molar-refractivity contribution >= 4 is 34.4 Å². The largest absolute Gasteiger partial charge is 0.461 e. The highest BCUT2D eigenvalue weighted by Gasteiger charge is 2.30. The second-order valence-corrected chi connectivity index (χ2v) is 8.30. The number of amides is 1. The maximum Gasteiger partial charge on any atom is 0.336 e. The van der Waals surface area contributed by atoms with Crippen molar-refractivity contribution in [2.75, 3.05) is 13.1 Å². The minimum atomic E-state index is -0.543. The quantitative estimate of drug-likeness (QED) is 0.426. The molecule has 1 saturated heterocycles. The molecule has 166 valence electrons. The molecule has 2 aromatic carbocycles. The molecule has 3 aromatic rings. The van der Waals surface area contributed by atoms with Gasteiger partial charge in [-0.1, -0.05) is 11.6 Å². The summed E-state index contributed by atoms with van der Waals surface area (Å²) < 4.78 is 23.9. The van der Waals surface area contributed by atoms with Gasteiger partial charge in [-0.3, -0.25) is 9.59 Å². The van der Waals surface area contributed by atoms with E-state index in [4.69, 9.17) is 20.8 Å². The molecule has 1 aliphatic rings. The van der Waals surface area contributed by atoms with Gasteiger partial charge in [0.15, 0.2) is 0 Å². The smallest absolute Gasteiger partial charge is 0.336 e. The Bertz CT molecular complexity index is 1240. The maximum absolute atomic E-state index is 13.1. The molecular formula is C24H21ClFNO5. The van der Waals surface area contributed by atoms with Crippen molar-refractivity contribution in [3.05, 3.63) is 80.4 Å². The molecule has 8 heteroatoms. The molecule has 0 bridgehead atoms. The van der Waals surface area contributed by atoms with Gasteiger partial charge >= 0.3 is 11.6 Å². The summed E-state index contributed by atoms with van der Waals surface area (Å²) in [6, 6.07) is 9.96. The molecular weight excluding hydrogens is 437 g/mol. The Morgan fingerprint density at radius 2 is 1.97 bits per heavy atom. The fourth-order valence-corrected chi connectivity index (χ4v) is 4.03. The van der Waals surface area contributed by atoms with E-state index in [0.717, 1.165) is 5.56 Å². The lowest BCUT2D eigenvalue weighted by atomic mass is 9.97. The number of aryl methyl sites for hydroxylation is 1. The van der Waals surface area contributed by atoms with Crippen molar-refractivity contribution in [2.45, 2.75) is 26.4 Å². The number of carbonyl (C=O) groups excluding carboxylic acids is 2. The molecule has 1 aromatic heterocycles. The van der Waals surface area contributed by atoms with Crippen molar-refractivity contribution in [1.29, 1.82) is 0 Å². The summed E-state index contributed by atoms with van der Waals surface area (Å²) in [5.41, 5.74) is 1.47. The van der Waals surface area contributed by atoms with Crippen LogP contribution >= 0.6 is 11.6 Å². The lowest BCUT2D eigenvalue weighted by molar-refractivity contribution is -0.151. The van der Waals surface area contributed by atoms with E-state index in [0.29, 0.717) is 46.5 Å². The average Bonchev–Trinajstić information content (AvgIpc) is 2.78. The summed E-state index contributed by atoms with van der Waals surface area (Å²) in [6.07, 6.45) is 1.24. The zero-order valence-corrected chi connectivity index (χ0v) is 18.2. The second kappa shape index (κ2) is 9.12. The topological polar surface area (TPSA) is 76.8 Å². The molecule has 0 spiro atoms. The van der Waals surface area contributed by atoms with Crippen LogP contribution in [0.25, 0.3) is 11.0 Å². The van der Waals surface area contributed by atoms with E-state index < -0.39 is 23.3 Å². The number of hydrogen-bond acceptors (Lipinski definition) is 5. The SMILES string of the molecule is Cc1cc2oc(=O)cc(COC(=O)C3CCCN(C(=O)c4ccc(F)cc4)C3)c2cc1Cl. The summed E-state index contributed by atoms with van der Waals surface area (Å²) in [5, 5.41) is 1.12. The molecule has 0 N–H and O–H groups in total. The standard InChI is InChI=1S/C24H21ClFNO5/c1-14-9-21-19(11-20(14)25)17(10-22(28)32-21)13-31-24(30)16-3-2-8-27(12-16)23(29)15-4-6-18(26)7-5-15/h4-7,9-11,16H,2-3,8,12-13H2,1H3. The van der Waals surface area contributed by atoms with Crippen LogP contribution in [0.4, 0.5) is 4.39 Å². The van der Waals surface area contributed by atoms with Crippen molar-refractivity contribution < 1.29 is 23.1 Å². The normalized spacial score (nSPS) is 16.2. The maximum atomic E-state index is 13.1. The van der Waals surface area contributed by atoms with Crippen LogP contribution in [0.3, 0.4) is 0 Å². The first-order valence-electron chi connectivity index (χ1n) is 10.3. The van der Waals surface area contributed by atoms with Gasteiger partial charge in [-0.15, -0.1) is 0 Å². The fourth-order valence-electron chi connectivity index (χ4n) is 3.86. The number of likely N-dealkylation sites (tertiary alicyclic amines) is 1. The Labute approximate surface area is 188 Å². The second-order valence-electron chi connectivity index (χ2n) is 7.89. The Morgan fingerprint density at radius 1 is 1.22 bits per heavy atom. The van der Waals surface area contributed by atoms with Crippen LogP contribution < -0.4 is 5.63 Å². The Morgan fingerprint density at radius 3 is 2.72 bits per heavy atom. The van der Waals surface area contributed by atoms with Crippen LogP contribution in [0.15, 0.2) is 51.7 Å². The number of piperidine rings is 1. The molecule has 0 radical (unpaired) electrons. The number of carbonyl (C=O) groups is 2. The molecule has 0 aliphatic carbocycles. The van der Waals surface area contributed by atoms with Crippen molar-refractivity contribution in [1.82, 2.24) is 4.90 Å². The Kier molecular flexibility index (Phi) is 6.28. The molecule has 1 aliphatic heterocycles. The summed E-state index contributed by atoms with van der Waals surface area (Å²) in [5.74, 6) is -1.59. The van der Waals surface area contributed by atoms with Gasteiger partial charge in [0.2, 0.25) is 0 Å². The molecule has 1 fully saturated rings. The van der Waals surface area contributed by atoms with E-state index in [9.17, 15) is 18.8 Å². The first-order valence-corrected chi connectivity index (χ1v) is 10.6. The predicted molar refractivity (Wildman–Crippen MR) is 117 cm³/mol. The summed E-state index contributed by atoms with van der Waals surface area (Å²) >= 11 is 6.20. The highest BCUT2D eigenvalue weighted by atomic mass is 35.5. The summed E-state index contributed by atoms with van der Waals surface area (Å²) in [7, 11) is 0. The van der Waals surface area contributed by atoms with Crippen LogP contribution in [-0.4, -0.2) is 29.9 Å². The number of esters is 1. The lowest BCUT2D eigenvalue weighted by Gasteiger charge is -2.31. The molecule has 1 amide bonds. The van der Waals surface area contributed by atoms with Gasteiger partial charge in [0.25, 0.3) is 5.91 Å². The zero-order chi connectivity index (χ0) is 22.8. The lowest BCUT2D eigenvalue weighted by Crippen LogP contribution is -2.42. The molecule has 1 atom stereocenters. The number of benzene rings is 2. The van der Waals surface area contributed by atoms with Gasteiger partial charge in [-0.05, 0) is 61.7 Å². The van der Waals surface area contributed by atoms with Crippen LogP contribution in [0.2, 0.25) is 5.02 Å². The molecule has 6 nitrogen and oxygen atoms in total. The van der Waals surface area contributed by atoms with Gasteiger partial charge in [0.05, 0.1) is 5.92 Å². The number of hydrogen-bond donors (Lipinski definition) is 0. The predicted octanol–water partition coefficient (Wildman–Crippen LogP) is 4.49. The van der Waals surface area contributed by atoms with E-state index in [1.807, 2.05) is 0 Å². The molecule has 4 rings (SSSR count). The van der Waals surface area contributed by atoms with Crippen LogP contribution in [0, 0.1) is 18.7 Å². The van der Waals surface area contributed by atoms with Gasteiger partial charge in [0.1, 0.15) is 18.0 Å². The zero-order valence-electron chi connectivity index (χ0n) is 17.4. The van der Waals surface area contributed by atoms with Gasteiger partial charge in [-0.2, -0.15) is 0 Å². The molecule has 0 saturated carbocycles. The fraction of sp³-hybridized carbons (Fsp3) is 0.292. The van der Waals surface area contributed by atoms with Crippen molar-refractivity contribution in [3.8, 4) is 0 Å². The Hall–Kier alpha value is -3.19. The molecule has 32 heavy (non-hydrogen) atoms. The first-order chi connectivity index (χ1) is 15.3. The van der Waals surface area contributed by atoms with Crippen LogP contribution in [-0.2, 0) is 16.1 Å². The third kappa shape index (κ3) is 4.67. The van der Waals surface area contributed by atoms with Crippen molar-refractivity contribution in [3.63, 3.8) is 0 Å². The summed E-state index contributed by atoms with van der Waals surface area (Å²) in [6.45, 7) is 2.43. The van der Waals surface area contributed by atoms with Gasteiger partial charge < -0.3 is 14.1 Å². The summed E-state index contributed by atoms with van der Waals surface area (Å²) in [4.78, 5) is 38.9. The highest BCUT2D eigenvalue weighted by Crippen LogP contribution is 2.26. The third-order valence-corrected chi connectivity index (χ3v) is 6.02. The highest BCUT2D eigenvalue weighted by molar-refractivity contribution is 6.32.